The summed E-state index contributed by atoms with van der Waals surface area (Å²) in [7, 11) is 1.93. The maximum atomic E-state index is 13.0. The fourth-order valence-electron chi connectivity index (χ4n) is 4.31. The number of aliphatic imine (C=N–C) groups is 1. The van der Waals surface area contributed by atoms with Crippen LogP contribution in [0.25, 0.3) is 5.00 Å². The summed E-state index contributed by atoms with van der Waals surface area (Å²) in [5.74, 6) is 1.36. The lowest BCUT2D eigenvalue weighted by Gasteiger charge is -2.13. The van der Waals surface area contributed by atoms with Crippen LogP contribution in [0.1, 0.15) is 51.4 Å². The molecular formula is C25H26ClN7OS. The van der Waals surface area contributed by atoms with E-state index in [0.29, 0.717) is 23.8 Å². The van der Waals surface area contributed by atoms with E-state index in [1.54, 1.807) is 17.7 Å². The van der Waals surface area contributed by atoms with Crippen LogP contribution < -0.4 is 5.32 Å². The number of amides is 1. The zero-order valence-corrected chi connectivity index (χ0v) is 21.6. The summed E-state index contributed by atoms with van der Waals surface area (Å²) in [6, 6.07) is 7.20. The van der Waals surface area contributed by atoms with Crippen LogP contribution in [0.4, 0.5) is 0 Å². The van der Waals surface area contributed by atoms with E-state index in [-0.39, 0.29) is 12.3 Å². The Kier molecular flexibility index (Phi) is 6.29. The van der Waals surface area contributed by atoms with Gasteiger partial charge in [0.25, 0.3) is 0 Å². The van der Waals surface area contributed by atoms with E-state index in [1.807, 2.05) is 49.0 Å². The highest BCUT2D eigenvalue weighted by Crippen LogP contribution is 2.39. The van der Waals surface area contributed by atoms with Gasteiger partial charge in [-0.15, -0.1) is 21.5 Å². The lowest BCUT2D eigenvalue weighted by atomic mass is 9.99. The number of carbonyl (C=O) groups is 1. The fourth-order valence-corrected chi connectivity index (χ4v) is 5.65. The first kappa shape index (κ1) is 23.4. The number of hydrogen-bond donors (Lipinski definition) is 1. The highest BCUT2D eigenvalue weighted by molar-refractivity contribution is 7.15. The number of nitrogens with one attached hydrogen (secondary N) is 1. The molecule has 180 valence electrons. The largest absolute Gasteiger partial charge is 0.356 e. The highest BCUT2D eigenvalue weighted by atomic mass is 35.5. The number of rotatable bonds is 6. The molecule has 1 atom stereocenters. The molecule has 1 aliphatic heterocycles. The van der Waals surface area contributed by atoms with E-state index >= 15 is 0 Å². The predicted molar refractivity (Wildman–Crippen MR) is 138 cm³/mol. The van der Waals surface area contributed by atoms with Gasteiger partial charge in [0.15, 0.2) is 5.82 Å². The second kappa shape index (κ2) is 9.39. The minimum absolute atomic E-state index is 0.0875. The van der Waals surface area contributed by atoms with Crippen LogP contribution in [0, 0.1) is 20.8 Å². The number of aryl methyl sites for hydroxylation is 3. The Morgan fingerprint density at radius 1 is 1.17 bits per heavy atom. The van der Waals surface area contributed by atoms with Crippen molar-refractivity contribution in [2.24, 2.45) is 12.0 Å². The zero-order valence-electron chi connectivity index (χ0n) is 20.0. The van der Waals surface area contributed by atoms with Gasteiger partial charge in [-0.05, 0) is 38.5 Å². The lowest BCUT2D eigenvalue weighted by molar-refractivity contribution is -0.121. The SMILES string of the molecule is Cc1sc2c(c1C)C(c1ccc(Cl)cc1)=N[C@@H](CC(=O)NCCc1cn(C)cn1)c1nnc(C)n1-2. The molecule has 5 rings (SSSR count). The summed E-state index contributed by atoms with van der Waals surface area (Å²) in [5, 5.41) is 13.5. The topological polar surface area (TPSA) is 90.0 Å². The molecule has 4 aromatic rings. The van der Waals surface area contributed by atoms with Crippen molar-refractivity contribution >= 4 is 34.6 Å². The summed E-state index contributed by atoms with van der Waals surface area (Å²) in [6.45, 7) is 6.66. The maximum absolute atomic E-state index is 13.0. The van der Waals surface area contributed by atoms with Crippen molar-refractivity contribution in [2.45, 2.75) is 39.7 Å². The molecule has 1 aromatic carbocycles. The van der Waals surface area contributed by atoms with Gasteiger partial charge < -0.3 is 9.88 Å². The quantitative estimate of drug-likeness (QED) is 0.421. The fraction of sp³-hybridized carbons (Fsp3) is 0.320. The van der Waals surface area contributed by atoms with Crippen molar-refractivity contribution in [1.29, 1.82) is 0 Å². The van der Waals surface area contributed by atoms with Gasteiger partial charge in [0.05, 0.1) is 24.2 Å². The molecule has 4 heterocycles. The number of nitrogens with zero attached hydrogens (tertiary/aromatic N) is 6. The number of halogens is 1. The molecule has 3 aromatic heterocycles. The first-order valence-corrected chi connectivity index (χ1v) is 12.6. The normalized spacial score (nSPS) is 14.8. The van der Waals surface area contributed by atoms with E-state index in [9.17, 15) is 4.79 Å². The molecule has 0 aliphatic carbocycles. The minimum atomic E-state index is -0.476. The summed E-state index contributed by atoms with van der Waals surface area (Å²) in [6.07, 6.45) is 4.55. The van der Waals surface area contributed by atoms with Crippen molar-refractivity contribution < 1.29 is 4.79 Å². The Morgan fingerprint density at radius 2 is 1.94 bits per heavy atom. The molecule has 1 amide bonds. The van der Waals surface area contributed by atoms with Crippen molar-refractivity contribution in [2.75, 3.05) is 6.54 Å². The molecule has 0 unspecified atom stereocenters. The molecule has 1 N–H and O–H groups in total. The summed E-state index contributed by atoms with van der Waals surface area (Å²) in [5.41, 5.74) is 4.95. The van der Waals surface area contributed by atoms with Gasteiger partial charge in [0.2, 0.25) is 5.91 Å². The van der Waals surface area contributed by atoms with Gasteiger partial charge in [-0.2, -0.15) is 0 Å². The van der Waals surface area contributed by atoms with Gasteiger partial charge in [0, 0.05) is 47.2 Å². The van der Waals surface area contributed by atoms with E-state index < -0.39 is 6.04 Å². The second-order valence-electron chi connectivity index (χ2n) is 8.74. The standard InChI is InChI=1S/C25H26ClN7OS/c1-14-15(2)35-25-22(14)23(17-5-7-18(26)8-6-17)29-20(24-31-30-16(3)33(24)25)11-21(34)27-10-9-19-12-32(4)13-28-19/h5-8,12-13,20H,9-11H2,1-4H3,(H,27,34)/t20-/m0/s1. The summed E-state index contributed by atoms with van der Waals surface area (Å²) in [4.78, 5) is 23.6. The van der Waals surface area contributed by atoms with Gasteiger partial charge in [-0.1, -0.05) is 23.7 Å². The number of hydrogen-bond acceptors (Lipinski definition) is 6. The van der Waals surface area contributed by atoms with Crippen LogP contribution in [0.5, 0.6) is 0 Å². The van der Waals surface area contributed by atoms with Gasteiger partial charge in [0.1, 0.15) is 16.9 Å². The Balaban J connectivity index is 1.50. The lowest BCUT2D eigenvalue weighted by Crippen LogP contribution is -2.27. The number of carbonyl (C=O) groups excluding carboxylic acids is 1. The van der Waals surface area contributed by atoms with Crippen LogP contribution in [0.15, 0.2) is 41.8 Å². The number of imidazole rings is 1. The smallest absolute Gasteiger partial charge is 0.222 e. The van der Waals surface area contributed by atoms with Crippen LogP contribution in [0.2, 0.25) is 5.02 Å². The highest BCUT2D eigenvalue weighted by Gasteiger charge is 2.32. The Labute approximate surface area is 212 Å². The number of thiophene rings is 1. The van der Waals surface area contributed by atoms with Crippen LogP contribution in [-0.4, -0.2) is 42.5 Å². The molecule has 10 heteroatoms. The van der Waals surface area contributed by atoms with Crippen molar-refractivity contribution in [3.05, 3.63) is 80.7 Å². The Bertz CT molecular complexity index is 1430. The van der Waals surface area contributed by atoms with Crippen molar-refractivity contribution in [1.82, 2.24) is 29.6 Å². The molecule has 1 aliphatic rings. The van der Waals surface area contributed by atoms with Crippen LogP contribution in [-0.2, 0) is 18.3 Å². The van der Waals surface area contributed by atoms with Crippen molar-refractivity contribution in [3.8, 4) is 5.00 Å². The van der Waals surface area contributed by atoms with E-state index in [4.69, 9.17) is 16.6 Å². The number of benzene rings is 1. The zero-order chi connectivity index (χ0) is 24.7. The van der Waals surface area contributed by atoms with Crippen molar-refractivity contribution in [3.63, 3.8) is 0 Å². The first-order valence-electron chi connectivity index (χ1n) is 11.4. The van der Waals surface area contributed by atoms with Crippen LogP contribution in [0.3, 0.4) is 0 Å². The summed E-state index contributed by atoms with van der Waals surface area (Å²) < 4.78 is 3.95. The maximum Gasteiger partial charge on any atom is 0.222 e. The second-order valence-corrected chi connectivity index (χ2v) is 10.4. The monoisotopic (exact) mass is 507 g/mol. The molecule has 0 bridgehead atoms. The van der Waals surface area contributed by atoms with Gasteiger partial charge in [-0.3, -0.25) is 14.4 Å². The first-order chi connectivity index (χ1) is 16.8. The Hall–Kier alpha value is -3.30. The molecule has 0 saturated heterocycles. The Morgan fingerprint density at radius 3 is 2.66 bits per heavy atom. The molecule has 0 saturated carbocycles. The van der Waals surface area contributed by atoms with E-state index in [2.05, 4.69) is 38.9 Å². The number of fused-ring (bicyclic) bond motifs is 3. The average Bonchev–Trinajstić information content (AvgIpc) is 3.47. The predicted octanol–water partition coefficient (Wildman–Crippen LogP) is 4.28. The molecular weight excluding hydrogens is 482 g/mol. The van der Waals surface area contributed by atoms with Gasteiger partial charge in [-0.25, -0.2) is 4.98 Å². The van der Waals surface area contributed by atoms with E-state index in [1.165, 1.54) is 10.4 Å². The third kappa shape index (κ3) is 4.53. The van der Waals surface area contributed by atoms with Gasteiger partial charge >= 0.3 is 0 Å². The third-order valence-electron chi connectivity index (χ3n) is 6.20. The average molecular weight is 508 g/mol. The van der Waals surface area contributed by atoms with E-state index in [0.717, 1.165) is 33.4 Å². The molecule has 35 heavy (non-hydrogen) atoms. The number of aromatic nitrogens is 5. The van der Waals surface area contributed by atoms with Crippen LogP contribution >= 0.6 is 22.9 Å². The molecule has 0 spiro atoms. The summed E-state index contributed by atoms with van der Waals surface area (Å²) >= 11 is 7.86. The molecule has 0 radical (unpaired) electrons. The third-order valence-corrected chi connectivity index (χ3v) is 7.64. The molecule has 0 fully saturated rings. The molecule has 8 nitrogen and oxygen atoms in total. The minimum Gasteiger partial charge on any atom is -0.356 e.